The highest BCUT2D eigenvalue weighted by atomic mass is 35.5. The molecule has 1 fully saturated rings. The summed E-state index contributed by atoms with van der Waals surface area (Å²) in [5.41, 5.74) is 15.8. The maximum atomic E-state index is 13.1. The molecule has 7 heteroatoms. The minimum Gasteiger partial charge on any atom is -0.384 e. The van der Waals surface area contributed by atoms with Gasteiger partial charge in [-0.05, 0) is 49.0 Å². The van der Waals surface area contributed by atoms with Crippen molar-refractivity contribution in [2.45, 2.75) is 25.7 Å². The van der Waals surface area contributed by atoms with Gasteiger partial charge in [-0.25, -0.2) is 0 Å². The molecule has 0 atom stereocenters. The fourth-order valence-corrected chi connectivity index (χ4v) is 3.26. The molecule has 0 radical (unpaired) electrons. The molecule has 0 heterocycles. The van der Waals surface area contributed by atoms with Gasteiger partial charge in [0.25, 0.3) is 0 Å². The zero-order chi connectivity index (χ0) is 20.1. The number of amidine groups is 2. The van der Waals surface area contributed by atoms with Gasteiger partial charge in [-0.15, -0.1) is 24.8 Å². The van der Waals surface area contributed by atoms with E-state index in [4.69, 9.17) is 22.3 Å². The summed E-state index contributed by atoms with van der Waals surface area (Å²) in [6.07, 6.45) is 7.34. The van der Waals surface area contributed by atoms with Crippen LogP contribution in [0.5, 0.6) is 0 Å². The van der Waals surface area contributed by atoms with Crippen molar-refractivity contribution in [3.8, 4) is 0 Å². The molecule has 0 bridgehead atoms. The van der Waals surface area contributed by atoms with E-state index in [-0.39, 0.29) is 42.3 Å². The number of hydrogen-bond donors (Lipinski definition) is 4. The maximum Gasteiger partial charge on any atom is 0.185 e. The van der Waals surface area contributed by atoms with Crippen molar-refractivity contribution in [1.29, 1.82) is 10.8 Å². The SMILES string of the molecule is Cl.Cl.N=C(N)c1ccc(/C=C2/CCCC/C(=C\c3ccc(C(=N)N)cc3)C2=O)cc1. The molecule has 0 unspecified atom stereocenters. The second-order valence-corrected chi connectivity index (χ2v) is 6.95. The Bertz CT molecular complexity index is 898. The van der Waals surface area contributed by atoms with E-state index in [9.17, 15) is 4.79 Å². The number of benzene rings is 2. The monoisotopic (exact) mass is 444 g/mol. The molecule has 30 heavy (non-hydrogen) atoms. The summed E-state index contributed by atoms with van der Waals surface area (Å²) in [6, 6.07) is 14.7. The number of nitrogens with two attached hydrogens (primary N) is 2. The van der Waals surface area contributed by atoms with Gasteiger partial charge in [-0.2, -0.15) is 0 Å². The summed E-state index contributed by atoms with van der Waals surface area (Å²) in [5, 5.41) is 14.9. The summed E-state index contributed by atoms with van der Waals surface area (Å²) in [4.78, 5) is 13.1. The van der Waals surface area contributed by atoms with Gasteiger partial charge in [0.1, 0.15) is 11.7 Å². The molecule has 0 saturated heterocycles. The molecular formula is C23H26Cl2N4O. The Morgan fingerprint density at radius 1 is 0.700 bits per heavy atom. The van der Waals surface area contributed by atoms with Gasteiger partial charge in [0, 0.05) is 22.3 Å². The predicted molar refractivity (Wildman–Crippen MR) is 129 cm³/mol. The summed E-state index contributed by atoms with van der Waals surface area (Å²) in [6.45, 7) is 0. The number of ketones is 1. The maximum absolute atomic E-state index is 13.1. The highest BCUT2D eigenvalue weighted by Crippen LogP contribution is 2.27. The summed E-state index contributed by atoms with van der Waals surface area (Å²) in [5.74, 6) is 0.153. The Hall–Kier alpha value is -2.89. The molecule has 0 amide bonds. The van der Waals surface area contributed by atoms with Crippen LogP contribution in [0.4, 0.5) is 0 Å². The van der Waals surface area contributed by atoms with Crippen LogP contribution in [0.25, 0.3) is 12.2 Å². The molecule has 1 aliphatic carbocycles. The fourth-order valence-electron chi connectivity index (χ4n) is 3.26. The lowest BCUT2D eigenvalue weighted by molar-refractivity contribution is -0.112. The average molecular weight is 445 g/mol. The third-order valence-electron chi connectivity index (χ3n) is 4.85. The van der Waals surface area contributed by atoms with Crippen LogP contribution in [0.1, 0.15) is 47.9 Å². The first-order valence-electron chi connectivity index (χ1n) is 9.29. The molecule has 0 aliphatic heterocycles. The molecule has 1 saturated carbocycles. The standard InChI is InChI=1S/C23H24N4O.2ClH/c24-22(25)17-9-5-15(6-10-17)13-19-3-1-2-4-20(21(19)28)14-16-7-11-18(12-8-16)23(26)27;;/h5-14H,1-4H2,(H3,24,25)(H3,26,27);2*1H/b19-13-,20-14+;;. The highest BCUT2D eigenvalue weighted by molar-refractivity contribution is 6.13. The van der Waals surface area contributed by atoms with E-state index < -0.39 is 0 Å². The van der Waals surface area contributed by atoms with E-state index in [2.05, 4.69) is 0 Å². The number of Topliss-reactive ketones (excluding diaryl/α,β-unsaturated/α-hetero) is 1. The van der Waals surface area contributed by atoms with Gasteiger partial charge in [0.15, 0.2) is 5.78 Å². The Kier molecular flexibility index (Phi) is 9.50. The number of carbonyl (C=O) groups is 1. The van der Waals surface area contributed by atoms with Crippen LogP contribution in [0.15, 0.2) is 59.7 Å². The molecule has 2 aromatic carbocycles. The molecule has 0 aromatic heterocycles. The van der Waals surface area contributed by atoms with Crippen molar-refractivity contribution in [3.05, 3.63) is 81.9 Å². The molecule has 1 aliphatic rings. The second kappa shape index (κ2) is 11.3. The number of nitrogen functional groups attached to an aromatic ring is 2. The first kappa shape index (κ1) is 25.1. The van der Waals surface area contributed by atoms with Crippen molar-refractivity contribution >= 4 is 54.4 Å². The number of carbonyl (C=O) groups excluding carboxylic acids is 1. The minimum atomic E-state index is 0. The average Bonchev–Trinajstić information content (AvgIpc) is 2.85. The van der Waals surface area contributed by atoms with E-state index in [1.807, 2.05) is 36.4 Å². The molecule has 2 aromatic rings. The second-order valence-electron chi connectivity index (χ2n) is 6.95. The van der Waals surface area contributed by atoms with E-state index >= 15 is 0 Å². The van der Waals surface area contributed by atoms with Crippen LogP contribution in [-0.2, 0) is 4.79 Å². The van der Waals surface area contributed by atoms with E-state index in [1.54, 1.807) is 24.3 Å². The molecule has 6 N–H and O–H groups in total. The first-order chi connectivity index (χ1) is 13.4. The number of hydrogen-bond acceptors (Lipinski definition) is 3. The van der Waals surface area contributed by atoms with Crippen LogP contribution in [-0.4, -0.2) is 17.5 Å². The summed E-state index contributed by atoms with van der Waals surface area (Å²) < 4.78 is 0. The normalized spacial score (nSPS) is 16.3. The number of allylic oxidation sites excluding steroid dienone is 2. The Balaban J connectivity index is 0.00000225. The molecular weight excluding hydrogens is 419 g/mol. The lowest BCUT2D eigenvalue weighted by Crippen LogP contribution is -2.10. The van der Waals surface area contributed by atoms with E-state index in [0.29, 0.717) is 11.1 Å². The smallest absolute Gasteiger partial charge is 0.185 e. The zero-order valence-electron chi connectivity index (χ0n) is 16.5. The summed E-state index contributed by atoms with van der Waals surface area (Å²) in [7, 11) is 0. The first-order valence-corrected chi connectivity index (χ1v) is 9.29. The number of rotatable bonds is 4. The fraction of sp³-hybridized carbons (Fsp3) is 0.174. The molecule has 158 valence electrons. The van der Waals surface area contributed by atoms with Crippen molar-refractivity contribution in [3.63, 3.8) is 0 Å². The third kappa shape index (κ3) is 6.31. The van der Waals surface area contributed by atoms with Crippen molar-refractivity contribution in [2.75, 3.05) is 0 Å². The van der Waals surface area contributed by atoms with Crippen LogP contribution >= 0.6 is 24.8 Å². The largest absolute Gasteiger partial charge is 0.384 e. The number of nitrogens with one attached hydrogen (secondary N) is 2. The summed E-state index contributed by atoms with van der Waals surface area (Å²) >= 11 is 0. The number of halogens is 2. The van der Waals surface area contributed by atoms with Crippen molar-refractivity contribution in [2.24, 2.45) is 11.5 Å². The molecule has 5 nitrogen and oxygen atoms in total. The topological polar surface area (TPSA) is 117 Å². The van der Waals surface area contributed by atoms with Crippen LogP contribution < -0.4 is 11.5 Å². The Labute approximate surface area is 189 Å². The van der Waals surface area contributed by atoms with Crippen LogP contribution in [0.3, 0.4) is 0 Å². The minimum absolute atomic E-state index is 0. The highest BCUT2D eigenvalue weighted by Gasteiger charge is 2.19. The van der Waals surface area contributed by atoms with Gasteiger partial charge in [-0.1, -0.05) is 48.5 Å². The quantitative estimate of drug-likeness (QED) is 0.236. The van der Waals surface area contributed by atoms with Gasteiger partial charge in [0.2, 0.25) is 0 Å². The third-order valence-corrected chi connectivity index (χ3v) is 4.85. The van der Waals surface area contributed by atoms with E-state index in [0.717, 1.165) is 48.0 Å². The van der Waals surface area contributed by atoms with Gasteiger partial charge >= 0.3 is 0 Å². The Morgan fingerprint density at radius 3 is 1.33 bits per heavy atom. The van der Waals surface area contributed by atoms with Gasteiger partial charge < -0.3 is 11.5 Å². The lowest BCUT2D eigenvalue weighted by atomic mass is 9.97. The molecule has 0 spiro atoms. The van der Waals surface area contributed by atoms with Crippen molar-refractivity contribution < 1.29 is 4.79 Å². The molecule has 3 rings (SSSR count). The van der Waals surface area contributed by atoms with Gasteiger partial charge in [0.05, 0.1) is 0 Å². The zero-order valence-corrected chi connectivity index (χ0v) is 18.1. The predicted octanol–water partition coefficient (Wildman–Crippen LogP) is 4.71. The van der Waals surface area contributed by atoms with Crippen LogP contribution in [0.2, 0.25) is 0 Å². The lowest BCUT2D eigenvalue weighted by Gasteiger charge is -2.07. The van der Waals surface area contributed by atoms with Crippen LogP contribution in [0, 0.1) is 10.8 Å². The Morgan fingerprint density at radius 2 is 1.03 bits per heavy atom. The van der Waals surface area contributed by atoms with Crippen molar-refractivity contribution in [1.82, 2.24) is 0 Å². The van der Waals surface area contributed by atoms with Gasteiger partial charge in [-0.3, -0.25) is 15.6 Å². The van der Waals surface area contributed by atoms with E-state index in [1.165, 1.54) is 0 Å².